The van der Waals surface area contributed by atoms with Crippen molar-refractivity contribution in [2.75, 3.05) is 45.8 Å². The van der Waals surface area contributed by atoms with Gasteiger partial charge in [-0.3, -0.25) is 14.5 Å². The smallest absolute Gasteiger partial charge is 0.274 e. The maximum atomic E-state index is 13.4. The summed E-state index contributed by atoms with van der Waals surface area (Å²) < 4.78 is 1.96. The Morgan fingerprint density at radius 3 is 2.22 bits per heavy atom. The van der Waals surface area contributed by atoms with Gasteiger partial charge in [-0.1, -0.05) is 31.0 Å². The highest BCUT2D eigenvalue weighted by Gasteiger charge is 2.31. The van der Waals surface area contributed by atoms with Crippen LogP contribution >= 0.6 is 0 Å². The van der Waals surface area contributed by atoms with E-state index in [0.29, 0.717) is 25.3 Å². The van der Waals surface area contributed by atoms with Crippen LogP contribution < -0.4 is 0 Å². The quantitative estimate of drug-likeness (QED) is 0.741. The number of rotatable bonds is 4. The predicted octanol–water partition coefficient (Wildman–Crippen LogP) is 2.52. The Morgan fingerprint density at radius 2 is 1.50 bits per heavy atom. The van der Waals surface area contributed by atoms with Gasteiger partial charge in [0.2, 0.25) is 5.91 Å². The molecule has 2 aromatic rings. The van der Waals surface area contributed by atoms with Crippen LogP contribution in [0.15, 0.2) is 30.3 Å². The molecule has 170 valence electrons. The maximum Gasteiger partial charge on any atom is 0.274 e. The number of carbonyl (C=O) groups excluding carboxylic acids is 2. The standard InChI is InChI=1S/C25H33N5O2/c31-23(28-13-6-1-2-7-14-28)19-27-15-17-29(18-16-27)25(32)24-21-11-8-12-22(21)30(26-24)20-9-4-3-5-10-20/h3-5,9-10H,1-2,6-8,11-19H2. The summed E-state index contributed by atoms with van der Waals surface area (Å²) >= 11 is 0. The van der Waals surface area contributed by atoms with Gasteiger partial charge in [0.05, 0.1) is 12.2 Å². The van der Waals surface area contributed by atoms with Crippen LogP contribution in [0, 0.1) is 0 Å². The number of nitrogens with zero attached hydrogens (tertiary/aromatic N) is 5. The number of benzene rings is 1. The van der Waals surface area contributed by atoms with Crippen molar-refractivity contribution in [1.82, 2.24) is 24.5 Å². The molecule has 1 aliphatic carbocycles. The number of carbonyl (C=O) groups is 2. The van der Waals surface area contributed by atoms with E-state index < -0.39 is 0 Å². The topological polar surface area (TPSA) is 61.7 Å². The summed E-state index contributed by atoms with van der Waals surface area (Å²) in [5.74, 6) is 0.280. The molecule has 0 bridgehead atoms. The monoisotopic (exact) mass is 435 g/mol. The van der Waals surface area contributed by atoms with E-state index in [1.807, 2.05) is 44.8 Å². The molecule has 0 saturated carbocycles. The molecular weight excluding hydrogens is 402 g/mol. The second-order valence-electron chi connectivity index (χ2n) is 9.24. The van der Waals surface area contributed by atoms with Crippen LogP contribution in [-0.2, 0) is 17.6 Å². The number of aromatic nitrogens is 2. The molecule has 0 N–H and O–H groups in total. The third kappa shape index (κ3) is 4.31. The Morgan fingerprint density at radius 1 is 0.781 bits per heavy atom. The van der Waals surface area contributed by atoms with E-state index in [-0.39, 0.29) is 11.8 Å². The fraction of sp³-hybridized carbons (Fsp3) is 0.560. The lowest BCUT2D eigenvalue weighted by Crippen LogP contribution is -2.51. The van der Waals surface area contributed by atoms with Crippen LogP contribution in [0.2, 0.25) is 0 Å². The summed E-state index contributed by atoms with van der Waals surface area (Å²) in [7, 11) is 0. The van der Waals surface area contributed by atoms with Gasteiger partial charge < -0.3 is 9.80 Å². The molecule has 2 fully saturated rings. The molecule has 0 spiro atoms. The molecule has 0 radical (unpaired) electrons. The fourth-order valence-corrected chi connectivity index (χ4v) is 5.26. The Hall–Kier alpha value is -2.67. The predicted molar refractivity (Wildman–Crippen MR) is 123 cm³/mol. The summed E-state index contributed by atoms with van der Waals surface area (Å²) in [6, 6.07) is 10.1. The summed E-state index contributed by atoms with van der Waals surface area (Å²) in [6.07, 6.45) is 7.67. The molecule has 5 rings (SSSR count). The number of hydrogen-bond donors (Lipinski definition) is 0. The van der Waals surface area contributed by atoms with Gasteiger partial charge in [-0.25, -0.2) is 4.68 Å². The van der Waals surface area contributed by atoms with E-state index in [1.54, 1.807) is 0 Å². The average molecular weight is 436 g/mol. The van der Waals surface area contributed by atoms with E-state index >= 15 is 0 Å². The van der Waals surface area contributed by atoms with Crippen LogP contribution in [0.1, 0.15) is 53.8 Å². The third-order valence-electron chi connectivity index (χ3n) is 7.11. The number of para-hydroxylation sites is 1. The molecule has 1 aromatic heterocycles. The average Bonchev–Trinajstić information content (AvgIpc) is 3.33. The lowest BCUT2D eigenvalue weighted by molar-refractivity contribution is -0.132. The first-order valence-electron chi connectivity index (χ1n) is 12.2. The van der Waals surface area contributed by atoms with Gasteiger partial charge in [-0.15, -0.1) is 0 Å². The van der Waals surface area contributed by atoms with Gasteiger partial charge in [0.25, 0.3) is 5.91 Å². The summed E-state index contributed by atoms with van der Waals surface area (Å²) in [6.45, 7) is 5.05. The number of piperazine rings is 1. The van der Waals surface area contributed by atoms with Crippen LogP contribution in [0.25, 0.3) is 5.69 Å². The Bertz CT molecular complexity index is 954. The first kappa shape index (κ1) is 21.2. The van der Waals surface area contributed by atoms with Crippen molar-refractivity contribution in [3.8, 4) is 5.69 Å². The lowest BCUT2D eigenvalue weighted by atomic mass is 10.1. The minimum absolute atomic E-state index is 0.0383. The zero-order valence-electron chi connectivity index (χ0n) is 18.8. The molecule has 7 nitrogen and oxygen atoms in total. The Balaban J connectivity index is 1.22. The third-order valence-corrected chi connectivity index (χ3v) is 7.11. The first-order valence-corrected chi connectivity index (χ1v) is 12.2. The zero-order chi connectivity index (χ0) is 21.9. The molecule has 2 saturated heterocycles. The number of fused-ring (bicyclic) bond motifs is 1. The second-order valence-corrected chi connectivity index (χ2v) is 9.24. The van der Waals surface area contributed by atoms with Crippen molar-refractivity contribution in [3.63, 3.8) is 0 Å². The van der Waals surface area contributed by atoms with Gasteiger partial charge in [0.15, 0.2) is 5.69 Å². The van der Waals surface area contributed by atoms with Gasteiger partial charge in [0.1, 0.15) is 0 Å². The first-order chi connectivity index (χ1) is 15.7. The van der Waals surface area contributed by atoms with E-state index in [4.69, 9.17) is 5.10 Å². The highest BCUT2D eigenvalue weighted by molar-refractivity contribution is 5.94. The number of hydrogen-bond acceptors (Lipinski definition) is 4. The molecule has 3 aliphatic rings. The summed E-state index contributed by atoms with van der Waals surface area (Å²) in [5, 5.41) is 4.77. The van der Waals surface area contributed by atoms with Crippen LogP contribution in [0.3, 0.4) is 0 Å². The van der Waals surface area contributed by atoms with Crippen molar-refractivity contribution >= 4 is 11.8 Å². The Kier molecular flexibility index (Phi) is 6.26. The van der Waals surface area contributed by atoms with E-state index in [0.717, 1.165) is 69.5 Å². The van der Waals surface area contributed by atoms with E-state index in [2.05, 4.69) is 4.90 Å². The van der Waals surface area contributed by atoms with Crippen molar-refractivity contribution in [1.29, 1.82) is 0 Å². The minimum Gasteiger partial charge on any atom is -0.342 e. The van der Waals surface area contributed by atoms with Crippen molar-refractivity contribution in [3.05, 3.63) is 47.3 Å². The number of amides is 2. The second kappa shape index (κ2) is 9.45. The maximum absolute atomic E-state index is 13.4. The van der Waals surface area contributed by atoms with Gasteiger partial charge >= 0.3 is 0 Å². The van der Waals surface area contributed by atoms with Crippen molar-refractivity contribution in [2.45, 2.75) is 44.9 Å². The molecule has 1 aromatic carbocycles. The molecular formula is C25H33N5O2. The molecule has 7 heteroatoms. The van der Waals surface area contributed by atoms with Crippen LogP contribution in [-0.4, -0.2) is 82.1 Å². The summed E-state index contributed by atoms with van der Waals surface area (Å²) in [5.41, 5.74) is 3.94. The highest BCUT2D eigenvalue weighted by Crippen LogP contribution is 2.28. The van der Waals surface area contributed by atoms with Crippen LogP contribution in [0.4, 0.5) is 0 Å². The SMILES string of the molecule is O=C(CN1CCN(C(=O)c2nn(-c3ccccc3)c3c2CCC3)CC1)N1CCCCCC1. The fourth-order valence-electron chi connectivity index (χ4n) is 5.26. The zero-order valence-corrected chi connectivity index (χ0v) is 18.8. The Labute approximate surface area is 190 Å². The normalized spacial score (nSPS) is 19.6. The lowest BCUT2D eigenvalue weighted by Gasteiger charge is -2.35. The molecule has 32 heavy (non-hydrogen) atoms. The molecule has 0 unspecified atom stereocenters. The van der Waals surface area contributed by atoms with Crippen LogP contribution in [0.5, 0.6) is 0 Å². The summed E-state index contributed by atoms with van der Waals surface area (Å²) in [4.78, 5) is 32.2. The van der Waals surface area contributed by atoms with Gasteiger partial charge in [-0.2, -0.15) is 5.10 Å². The van der Waals surface area contributed by atoms with E-state index in [9.17, 15) is 9.59 Å². The van der Waals surface area contributed by atoms with Crippen molar-refractivity contribution in [2.24, 2.45) is 0 Å². The van der Waals surface area contributed by atoms with Crippen molar-refractivity contribution < 1.29 is 9.59 Å². The highest BCUT2D eigenvalue weighted by atomic mass is 16.2. The van der Waals surface area contributed by atoms with E-state index in [1.165, 1.54) is 18.5 Å². The molecule has 0 atom stereocenters. The largest absolute Gasteiger partial charge is 0.342 e. The minimum atomic E-state index is 0.0383. The van der Waals surface area contributed by atoms with Gasteiger partial charge in [0, 0.05) is 50.5 Å². The number of likely N-dealkylation sites (tertiary alicyclic amines) is 1. The molecule has 3 heterocycles. The van der Waals surface area contributed by atoms with Gasteiger partial charge in [-0.05, 0) is 44.2 Å². The molecule has 2 amide bonds. The molecule has 2 aliphatic heterocycles.